The number of hydrogen-bond acceptors (Lipinski definition) is 5. The summed E-state index contributed by atoms with van der Waals surface area (Å²) in [4.78, 5) is 18.2. The van der Waals surface area contributed by atoms with Crippen molar-refractivity contribution in [2.45, 2.75) is 18.9 Å². The van der Waals surface area contributed by atoms with Gasteiger partial charge in [0.15, 0.2) is 11.5 Å². The van der Waals surface area contributed by atoms with Gasteiger partial charge in [0, 0.05) is 24.8 Å². The lowest BCUT2D eigenvalue weighted by atomic mass is 10.0. The Kier molecular flexibility index (Phi) is 4.59. The molecule has 0 spiro atoms. The number of likely N-dealkylation sites (tertiary alicyclic amines) is 1. The van der Waals surface area contributed by atoms with Crippen LogP contribution >= 0.6 is 0 Å². The number of rotatable bonds is 5. The Morgan fingerprint density at radius 1 is 1.19 bits per heavy atom. The van der Waals surface area contributed by atoms with Gasteiger partial charge in [0.1, 0.15) is 5.75 Å². The van der Waals surface area contributed by atoms with E-state index in [-0.39, 0.29) is 23.4 Å². The molecule has 0 bridgehead atoms. The van der Waals surface area contributed by atoms with Crippen molar-refractivity contribution in [2.24, 2.45) is 11.8 Å². The summed E-state index contributed by atoms with van der Waals surface area (Å²) in [5.74, 6) is 0.839. The number of hydrogen-bond donors (Lipinski definition) is 1. The van der Waals surface area contributed by atoms with Gasteiger partial charge in [0.05, 0.1) is 12.6 Å². The van der Waals surface area contributed by atoms with Crippen LogP contribution in [0, 0.1) is 17.8 Å². The monoisotopic (exact) mass is 356 g/mol. The molecule has 4 rings (SSSR count). The highest BCUT2D eigenvalue weighted by Crippen LogP contribution is 2.39. The van der Waals surface area contributed by atoms with Crippen molar-refractivity contribution in [1.29, 1.82) is 0 Å². The first-order chi connectivity index (χ1) is 12.6. The van der Waals surface area contributed by atoms with Gasteiger partial charge in [-0.3, -0.25) is 9.69 Å². The number of ether oxygens (including phenoxy) is 1. The number of carbonyl (C=O) groups is 1. The van der Waals surface area contributed by atoms with Crippen LogP contribution in [0.3, 0.4) is 0 Å². The van der Waals surface area contributed by atoms with E-state index in [1.165, 1.54) is 18.3 Å². The summed E-state index contributed by atoms with van der Waals surface area (Å²) in [7, 11) is 0. The van der Waals surface area contributed by atoms with E-state index < -0.39 is 5.95 Å². The average Bonchev–Trinajstić information content (AvgIpc) is 3.15. The minimum Gasteiger partial charge on any atom is -0.508 e. The van der Waals surface area contributed by atoms with Gasteiger partial charge in [0.2, 0.25) is 0 Å². The Balaban J connectivity index is 1.30. The first kappa shape index (κ1) is 17.0. The Hall–Kier alpha value is -2.47. The quantitative estimate of drug-likeness (QED) is 0.659. The van der Waals surface area contributed by atoms with Gasteiger partial charge in [-0.05, 0) is 61.1 Å². The first-order valence-corrected chi connectivity index (χ1v) is 8.90. The number of phenols is 1. The van der Waals surface area contributed by atoms with Gasteiger partial charge in [-0.1, -0.05) is 0 Å². The molecule has 0 radical (unpaired) electrons. The molecule has 136 valence electrons. The van der Waals surface area contributed by atoms with Crippen LogP contribution in [0.25, 0.3) is 0 Å². The van der Waals surface area contributed by atoms with Crippen molar-refractivity contribution in [3.8, 4) is 11.5 Å². The fourth-order valence-electron chi connectivity index (χ4n) is 4.15. The van der Waals surface area contributed by atoms with Crippen molar-refractivity contribution in [2.75, 3.05) is 19.6 Å². The molecule has 1 saturated heterocycles. The maximum absolute atomic E-state index is 13.6. The minimum absolute atomic E-state index is 0.0126. The van der Waals surface area contributed by atoms with Crippen LogP contribution < -0.4 is 4.74 Å². The molecule has 2 aliphatic rings. The zero-order chi connectivity index (χ0) is 18.1. The lowest BCUT2D eigenvalue weighted by Crippen LogP contribution is -2.30. The number of phenolic OH excluding ortho intramolecular Hbond substituents is 1. The smallest absolute Gasteiger partial charge is 0.255 e. The number of halogens is 1. The molecule has 2 heterocycles. The van der Waals surface area contributed by atoms with Crippen LogP contribution in [0.5, 0.6) is 11.5 Å². The van der Waals surface area contributed by atoms with E-state index in [2.05, 4.69) is 9.88 Å². The Labute approximate surface area is 151 Å². The van der Waals surface area contributed by atoms with E-state index in [9.17, 15) is 14.3 Å². The van der Waals surface area contributed by atoms with Gasteiger partial charge in [0.25, 0.3) is 5.95 Å². The first-order valence-electron chi connectivity index (χ1n) is 8.90. The summed E-state index contributed by atoms with van der Waals surface area (Å²) in [6.45, 7) is 2.12. The summed E-state index contributed by atoms with van der Waals surface area (Å²) in [5, 5.41) is 9.32. The third-order valence-electron chi connectivity index (χ3n) is 5.36. The van der Waals surface area contributed by atoms with Crippen LogP contribution in [-0.4, -0.2) is 46.5 Å². The van der Waals surface area contributed by atoms with Gasteiger partial charge in [-0.25, -0.2) is 4.98 Å². The predicted octanol–water partition coefficient (Wildman–Crippen LogP) is 2.90. The van der Waals surface area contributed by atoms with E-state index in [1.54, 1.807) is 24.3 Å². The second-order valence-corrected chi connectivity index (χ2v) is 7.19. The van der Waals surface area contributed by atoms with E-state index in [1.807, 2.05) is 0 Å². The molecule has 6 heteroatoms. The zero-order valence-corrected chi connectivity index (χ0v) is 14.3. The minimum atomic E-state index is -0.564. The van der Waals surface area contributed by atoms with Crippen LogP contribution in [-0.2, 0) is 0 Å². The number of carbonyl (C=O) groups excluding carboxylic acids is 1. The molecule has 1 aliphatic carbocycles. The molecule has 2 aromatic rings. The number of ketones is 1. The number of aromatic nitrogens is 1. The molecule has 1 aromatic carbocycles. The summed E-state index contributed by atoms with van der Waals surface area (Å²) in [6, 6.07) is 9.66. The SMILES string of the molecule is O=C(CN1C[C@H]2C[C@H](Oc3cccnc3F)C[C@H]2C1)c1ccc(O)cc1. The molecule has 2 fully saturated rings. The fourth-order valence-corrected chi connectivity index (χ4v) is 4.15. The van der Waals surface area contributed by atoms with Crippen LogP contribution in [0.1, 0.15) is 23.2 Å². The molecule has 1 N–H and O–H groups in total. The summed E-state index contributed by atoms with van der Waals surface area (Å²) >= 11 is 0. The molecule has 0 unspecified atom stereocenters. The van der Waals surface area contributed by atoms with E-state index in [0.29, 0.717) is 23.9 Å². The van der Waals surface area contributed by atoms with Crippen molar-refractivity contribution in [1.82, 2.24) is 9.88 Å². The highest BCUT2D eigenvalue weighted by atomic mass is 19.1. The number of nitrogens with zero attached hydrogens (tertiary/aromatic N) is 2. The second kappa shape index (κ2) is 7.03. The number of fused-ring (bicyclic) bond motifs is 1. The third-order valence-corrected chi connectivity index (χ3v) is 5.36. The van der Waals surface area contributed by atoms with E-state index in [4.69, 9.17) is 4.74 Å². The number of pyridine rings is 1. The molecule has 5 nitrogen and oxygen atoms in total. The van der Waals surface area contributed by atoms with Crippen LogP contribution in [0.15, 0.2) is 42.6 Å². The van der Waals surface area contributed by atoms with Crippen molar-refractivity contribution < 1.29 is 19.0 Å². The maximum atomic E-state index is 13.6. The topological polar surface area (TPSA) is 62.7 Å². The van der Waals surface area contributed by atoms with Gasteiger partial charge in [-0.15, -0.1) is 0 Å². The Morgan fingerprint density at radius 2 is 1.88 bits per heavy atom. The predicted molar refractivity (Wildman–Crippen MR) is 93.7 cm³/mol. The normalized spacial score (nSPS) is 25.2. The highest BCUT2D eigenvalue weighted by molar-refractivity contribution is 5.97. The molecule has 3 atom stereocenters. The number of aromatic hydroxyl groups is 1. The molecular formula is C20H21FN2O3. The van der Waals surface area contributed by atoms with Crippen molar-refractivity contribution in [3.63, 3.8) is 0 Å². The van der Waals surface area contributed by atoms with Crippen LogP contribution in [0.4, 0.5) is 4.39 Å². The van der Waals surface area contributed by atoms with E-state index in [0.717, 1.165) is 25.9 Å². The largest absolute Gasteiger partial charge is 0.508 e. The third kappa shape index (κ3) is 3.55. The highest BCUT2D eigenvalue weighted by Gasteiger charge is 2.42. The molecular weight excluding hydrogens is 335 g/mol. The van der Waals surface area contributed by atoms with Gasteiger partial charge in [-0.2, -0.15) is 4.39 Å². The molecule has 1 saturated carbocycles. The van der Waals surface area contributed by atoms with Gasteiger partial charge >= 0.3 is 0 Å². The van der Waals surface area contributed by atoms with Crippen LogP contribution in [0.2, 0.25) is 0 Å². The molecule has 1 aromatic heterocycles. The second-order valence-electron chi connectivity index (χ2n) is 7.19. The zero-order valence-electron chi connectivity index (χ0n) is 14.3. The average molecular weight is 356 g/mol. The molecule has 1 aliphatic heterocycles. The maximum Gasteiger partial charge on any atom is 0.255 e. The molecule has 26 heavy (non-hydrogen) atoms. The fraction of sp³-hybridized carbons (Fsp3) is 0.400. The number of benzene rings is 1. The Morgan fingerprint density at radius 3 is 2.54 bits per heavy atom. The van der Waals surface area contributed by atoms with E-state index >= 15 is 0 Å². The summed E-state index contributed by atoms with van der Waals surface area (Å²) in [6.07, 6.45) is 3.18. The number of Topliss-reactive ketones (excluding diaryl/α,β-unsaturated/α-hetero) is 1. The van der Waals surface area contributed by atoms with Crippen molar-refractivity contribution >= 4 is 5.78 Å². The lowest BCUT2D eigenvalue weighted by Gasteiger charge is -2.19. The standard InChI is InChI=1S/C20H21FN2O3/c21-20-19(2-1-7-22-20)26-17-8-14-10-23(11-15(14)9-17)12-18(25)13-3-5-16(24)6-4-13/h1-7,14-15,17,24H,8-12H2/t14-,15+,17+. The summed E-state index contributed by atoms with van der Waals surface area (Å²) in [5.41, 5.74) is 0.619. The Bertz CT molecular complexity index is 782. The molecule has 0 amide bonds. The van der Waals surface area contributed by atoms with Crippen molar-refractivity contribution in [3.05, 3.63) is 54.1 Å². The van der Waals surface area contributed by atoms with Gasteiger partial charge < -0.3 is 9.84 Å². The summed E-state index contributed by atoms with van der Waals surface area (Å²) < 4.78 is 19.4. The lowest BCUT2D eigenvalue weighted by molar-refractivity contribution is 0.0936.